The van der Waals surface area contributed by atoms with E-state index in [2.05, 4.69) is 10.3 Å². The van der Waals surface area contributed by atoms with Crippen LogP contribution in [-0.2, 0) is 11.2 Å². The molecule has 1 heterocycles. The smallest absolute Gasteiger partial charge is 0.408 e. The van der Waals surface area contributed by atoms with Crippen LogP contribution in [0.2, 0.25) is 0 Å². The molecule has 5 heteroatoms. The highest BCUT2D eigenvalue weighted by Gasteiger charge is 2.28. The molecular formula is C25H26N2O3. The lowest BCUT2D eigenvalue weighted by molar-refractivity contribution is 0.0503. The Balaban J connectivity index is 1.63. The summed E-state index contributed by atoms with van der Waals surface area (Å²) in [6.45, 7) is 7.49. The third-order valence-electron chi connectivity index (χ3n) is 5.42. The van der Waals surface area contributed by atoms with Crippen LogP contribution in [0.4, 0.5) is 4.79 Å². The first kappa shape index (κ1) is 20.1. The second kappa shape index (κ2) is 7.56. The number of ketones is 1. The molecule has 0 saturated carbocycles. The largest absolute Gasteiger partial charge is 0.444 e. The first-order valence-electron chi connectivity index (χ1n) is 10.2. The van der Waals surface area contributed by atoms with Crippen LogP contribution in [0.25, 0.3) is 10.8 Å². The summed E-state index contributed by atoms with van der Waals surface area (Å²) < 4.78 is 5.40. The molecule has 2 aromatic carbocycles. The molecule has 1 aliphatic carbocycles. The van der Waals surface area contributed by atoms with Gasteiger partial charge in [0, 0.05) is 28.9 Å². The van der Waals surface area contributed by atoms with Crippen molar-refractivity contribution >= 4 is 22.6 Å². The molecule has 30 heavy (non-hydrogen) atoms. The summed E-state index contributed by atoms with van der Waals surface area (Å²) in [6.07, 6.45) is 4.68. The molecule has 0 radical (unpaired) electrons. The molecule has 1 aromatic heterocycles. The summed E-state index contributed by atoms with van der Waals surface area (Å²) in [7, 11) is 0. The van der Waals surface area contributed by atoms with E-state index in [1.165, 1.54) is 0 Å². The molecule has 154 valence electrons. The molecule has 5 nitrogen and oxygen atoms in total. The first-order chi connectivity index (χ1) is 14.2. The van der Waals surface area contributed by atoms with Crippen molar-refractivity contribution in [1.82, 2.24) is 10.3 Å². The van der Waals surface area contributed by atoms with E-state index in [-0.39, 0.29) is 11.8 Å². The van der Waals surface area contributed by atoms with Crippen molar-refractivity contribution < 1.29 is 14.3 Å². The average molecular weight is 402 g/mol. The number of alkyl carbamates (subject to hydrolysis) is 1. The van der Waals surface area contributed by atoms with E-state index in [1.807, 2.05) is 64.1 Å². The van der Waals surface area contributed by atoms with Gasteiger partial charge in [-0.2, -0.15) is 0 Å². The zero-order valence-electron chi connectivity index (χ0n) is 17.8. The zero-order valence-corrected chi connectivity index (χ0v) is 17.8. The Morgan fingerprint density at radius 3 is 2.70 bits per heavy atom. The van der Waals surface area contributed by atoms with Crippen LogP contribution < -0.4 is 5.32 Å². The quantitative estimate of drug-likeness (QED) is 0.605. The Morgan fingerprint density at radius 2 is 1.93 bits per heavy atom. The standard InChI is InChI=1S/C25H26N2O3/c1-15-12-21-16(8-9-22(21)27-24(29)30-25(2,3)4)13-20(15)23(28)19-7-5-6-17-14-26-11-10-18(17)19/h5-7,10-14,22H,8-9H2,1-4H3,(H,27,29). The molecule has 1 amide bonds. The Kier molecular flexibility index (Phi) is 5.06. The van der Waals surface area contributed by atoms with Gasteiger partial charge in [0.25, 0.3) is 0 Å². The summed E-state index contributed by atoms with van der Waals surface area (Å²) in [5, 5.41) is 4.82. The number of pyridine rings is 1. The molecule has 0 aliphatic heterocycles. The second-order valence-corrected chi connectivity index (χ2v) is 8.83. The lowest BCUT2D eigenvalue weighted by Crippen LogP contribution is -2.34. The van der Waals surface area contributed by atoms with E-state index < -0.39 is 11.7 Å². The van der Waals surface area contributed by atoms with Crippen LogP contribution >= 0.6 is 0 Å². The lowest BCUT2D eigenvalue weighted by Gasteiger charge is -2.22. The number of nitrogens with one attached hydrogen (secondary N) is 1. The number of benzene rings is 2. The van der Waals surface area contributed by atoms with Gasteiger partial charge >= 0.3 is 6.09 Å². The van der Waals surface area contributed by atoms with Gasteiger partial charge < -0.3 is 10.1 Å². The third kappa shape index (κ3) is 3.92. The highest BCUT2D eigenvalue weighted by atomic mass is 16.6. The number of carbonyl (C=O) groups is 2. The van der Waals surface area contributed by atoms with Crippen LogP contribution in [0.15, 0.2) is 48.8 Å². The monoisotopic (exact) mass is 402 g/mol. The van der Waals surface area contributed by atoms with Gasteiger partial charge in [-0.25, -0.2) is 4.79 Å². The molecule has 1 unspecified atom stereocenters. The number of ether oxygens (including phenoxy) is 1. The third-order valence-corrected chi connectivity index (χ3v) is 5.42. The molecule has 4 rings (SSSR count). The number of hydrogen-bond acceptors (Lipinski definition) is 4. The number of rotatable bonds is 3. The number of fused-ring (bicyclic) bond motifs is 2. The summed E-state index contributed by atoms with van der Waals surface area (Å²) in [6, 6.07) is 11.5. The van der Waals surface area contributed by atoms with Gasteiger partial charge in [-0.15, -0.1) is 0 Å². The zero-order chi connectivity index (χ0) is 21.5. The molecule has 1 N–H and O–H groups in total. The minimum atomic E-state index is -0.536. The molecule has 0 spiro atoms. The maximum atomic E-state index is 13.4. The molecular weight excluding hydrogens is 376 g/mol. The maximum Gasteiger partial charge on any atom is 0.408 e. The number of hydrogen-bond donors (Lipinski definition) is 1. The van der Waals surface area contributed by atoms with Gasteiger partial charge in [0.2, 0.25) is 0 Å². The van der Waals surface area contributed by atoms with Crippen molar-refractivity contribution in [1.29, 1.82) is 0 Å². The minimum Gasteiger partial charge on any atom is -0.444 e. The van der Waals surface area contributed by atoms with Gasteiger partial charge in [0.15, 0.2) is 5.78 Å². The molecule has 1 aliphatic rings. The van der Waals surface area contributed by atoms with E-state index in [4.69, 9.17) is 4.74 Å². The minimum absolute atomic E-state index is 0.00986. The van der Waals surface area contributed by atoms with Crippen LogP contribution in [0.3, 0.4) is 0 Å². The van der Waals surface area contributed by atoms with Gasteiger partial charge in [-0.3, -0.25) is 9.78 Å². The lowest BCUT2D eigenvalue weighted by atomic mass is 9.92. The number of aromatic nitrogens is 1. The SMILES string of the molecule is Cc1cc2c(cc1C(=O)c1cccc3cnccc13)CCC2NC(=O)OC(C)(C)C. The Hall–Kier alpha value is -3.21. The number of amides is 1. The Morgan fingerprint density at radius 1 is 1.13 bits per heavy atom. The van der Waals surface area contributed by atoms with Gasteiger partial charge in [0.05, 0.1) is 6.04 Å². The Bertz CT molecular complexity index is 1140. The highest BCUT2D eigenvalue weighted by molar-refractivity contribution is 6.17. The molecule has 1 atom stereocenters. The molecule has 0 fully saturated rings. The number of aryl methyl sites for hydroxylation is 2. The summed E-state index contributed by atoms with van der Waals surface area (Å²) in [4.78, 5) is 29.7. The molecule has 3 aromatic rings. The van der Waals surface area contributed by atoms with E-state index in [0.29, 0.717) is 11.1 Å². The van der Waals surface area contributed by atoms with E-state index in [0.717, 1.165) is 40.3 Å². The molecule has 0 saturated heterocycles. The van der Waals surface area contributed by atoms with E-state index >= 15 is 0 Å². The van der Waals surface area contributed by atoms with Crippen molar-refractivity contribution in [2.24, 2.45) is 0 Å². The maximum absolute atomic E-state index is 13.4. The Labute approximate surface area is 176 Å². The van der Waals surface area contributed by atoms with Crippen molar-refractivity contribution in [3.05, 3.63) is 76.6 Å². The number of carbonyl (C=O) groups excluding carboxylic acids is 2. The predicted molar refractivity (Wildman–Crippen MR) is 117 cm³/mol. The summed E-state index contributed by atoms with van der Waals surface area (Å²) >= 11 is 0. The van der Waals surface area contributed by atoms with Crippen molar-refractivity contribution in [3.63, 3.8) is 0 Å². The van der Waals surface area contributed by atoms with Gasteiger partial charge in [-0.05, 0) is 74.7 Å². The summed E-state index contributed by atoms with van der Waals surface area (Å²) in [5.74, 6) is 0.00986. The van der Waals surface area contributed by atoms with Crippen molar-refractivity contribution in [3.8, 4) is 0 Å². The van der Waals surface area contributed by atoms with E-state index in [9.17, 15) is 9.59 Å². The summed E-state index contributed by atoms with van der Waals surface area (Å²) in [5.41, 5.74) is 3.92. The topological polar surface area (TPSA) is 68.3 Å². The highest BCUT2D eigenvalue weighted by Crippen LogP contribution is 2.34. The van der Waals surface area contributed by atoms with E-state index in [1.54, 1.807) is 12.4 Å². The van der Waals surface area contributed by atoms with Crippen LogP contribution in [0.5, 0.6) is 0 Å². The molecule has 0 bridgehead atoms. The van der Waals surface area contributed by atoms with Gasteiger partial charge in [0.1, 0.15) is 5.60 Å². The fourth-order valence-corrected chi connectivity index (χ4v) is 4.08. The van der Waals surface area contributed by atoms with Crippen LogP contribution in [0.1, 0.15) is 65.8 Å². The van der Waals surface area contributed by atoms with Crippen LogP contribution in [-0.4, -0.2) is 22.5 Å². The normalized spacial score (nSPS) is 15.7. The fourth-order valence-electron chi connectivity index (χ4n) is 4.08. The predicted octanol–water partition coefficient (Wildman–Crippen LogP) is 5.29. The van der Waals surface area contributed by atoms with Gasteiger partial charge in [-0.1, -0.05) is 24.3 Å². The number of nitrogens with zero attached hydrogens (tertiary/aromatic N) is 1. The fraction of sp³-hybridized carbons (Fsp3) is 0.320. The van der Waals surface area contributed by atoms with Crippen molar-refractivity contribution in [2.45, 2.75) is 52.2 Å². The van der Waals surface area contributed by atoms with Crippen molar-refractivity contribution in [2.75, 3.05) is 0 Å². The second-order valence-electron chi connectivity index (χ2n) is 8.83. The average Bonchev–Trinajstić information content (AvgIpc) is 3.06. The first-order valence-corrected chi connectivity index (χ1v) is 10.2. The van der Waals surface area contributed by atoms with Crippen LogP contribution in [0, 0.1) is 6.92 Å².